The SMILES string of the molecule is CC1CCc2ccccc2N1c1ccc([C@H](C)N)cc1F. The van der Waals surface area contributed by atoms with Gasteiger partial charge in [0.1, 0.15) is 5.82 Å². The topological polar surface area (TPSA) is 29.3 Å². The van der Waals surface area contributed by atoms with Crippen molar-refractivity contribution in [3.8, 4) is 0 Å². The van der Waals surface area contributed by atoms with Crippen LogP contribution in [0.5, 0.6) is 0 Å². The first-order valence-corrected chi connectivity index (χ1v) is 7.50. The minimum atomic E-state index is -0.201. The van der Waals surface area contributed by atoms with Crippen LogP contribution in [0.15, 0.2) is 42.5 Å². The Labute approximate surface area is 125 Å². The van der Waals surface area contributed by atoms with Crippen LogP contribution in [0.4, 0.5) is 15.8 Å². The highest BCUT2D eigenvalue weighted by Crippen LogP contribution is 2.38. The van der Waals surface area contributed by atoms with Crippen molar-refractivity contribution < 1.29 is 4.39 Å². The Morgan fingerprint density at radius 1 is 1.19 bits per heavy atom. The van der Waals surface area contributed by atoms with Gasteiger partial charge in [-0.25, -0.2) is 4.39 Å². The molecule has 1 aliphatic heterocycles. The molecular formula is C18H21FN2. The molecule has 0 spiro atoms. The van der Waals surface area contributed by atoms with Crippen LogP contribution in [0.1, 0.15) is 37.4 Å². The van der Waals surface area contributed by atoms with E-state index in [-0.39, 0.29) is 17.9 Å². The number of hydrogen-bond donors (Lipinski definition) is 1. The maximum Gasteiger partial charge on any atom is 0.147 e. The molecule has 21 heavy (non-hydrogen) atoms. The van der Waals surface area contributed by atoms with Gasteiger partial charge in [-0.15, -0.1) is 0 Å². The van der Waals surface area contributed by atoms with Crippen molar-refractivity contribution in [2.45, 2.75) is 38.8 Å². The van der Waals surface area contributed by atoms with Gasteiger partial charge in [-0.05, 0) is 56.0 Å². The van der Waals surface area contributed by atoms with Crippen LogP contribution in [0.3, 0.4) is 0 Å². The second-order valence-electron chi connectivity index (χ2n) is 5.89. The lowest BCUT2D eigenvalue weighted by Crippen LogP contribution is -2.33. The Balaban J connectivity index is 2.07. The van der Waals surface area contributed by atoms with E-state index in [0.717, 1.165) is 24.1 Å². The molecule has 1 heterocycles. The first-order valence-electron chi connectivity index (χ1n) is 7.50. The van der Waals surface area contributed by atoms with Crippen LogP contribution in [-0.2, 0) is 6.42 Å². The monoisotopic (exact) mass is 284 g/mol. The van der Waals surface area contributed by atoms with Crippen molar-refractivity contribution in [2.75, 3.05) is 4.90 Å². The van der Waals surface area contributed by atoms with Crippen LogP contribution in [0.25, 0.3) is 0 Å². The lowest BCUT2D eigenvalue weighted by atomic mass is 9.95. The molecule has 1 aliphatic rings. The van der Waals surface area contributed by atoms with Crippen molar-refractivity contribution >= 4 is 11.4 Å². The Kier molecular flexibility index (Phi) is 3.68. The molecule has 2 nitrogen and oxygen atoms in total. The van der Waals surface area contributed by atoms with Crippen LogP contribution in [-0.4, -0.2) is 6.04 Å². The van der Waals surface area contributed by atoms with Crippen LogP contribution in [0, 0.1) is 5.82 Å². The average Bonchev–Trinajstić information content (AvgIpc) is 2.48. The van der Waals surface area contributed by atoms with Gasteiger partial charge in [-0.1, -0.05) is 24.3 Å². The maximum absolute atomic E-state index is 14.6. The normalized spacial score (nSPS) is 19.2. The van der Waals surface area contributed by atoms with Crippen LogP contribution >= 0.6 is 0 Å². The summed E-state index contributed by atoms with van der Waals surface area (Å²) in [6.45, 7) is 4.02. The molecule has 0 fully saturated rings. The zero-order chi connectivity index (χ0) is 15.0. The number of halogens is 1. The van der Waals surface area contributed by atoms with E-state index >= 15 is 0 Å². The van der Waals surface area contributed by atoms with Crippen LogP contribution in [0.2, 0.25) is 0 Å². The molecule has 2 atom stereocenters. The summed E-state index contributed by atoms with van der Waals surface area (Å²) in [4.78, 5) is 2.11. The molecule has 0 saturated heterocycles. The van der Waals surface area contributed by atoms with E-state index in [1.165, 1.54) is 5.56 Å². The molecule has 0 saturated carbocycles. The van der Waals surface area contributed by atoms with Gasteiger partial charge in [0, 0.05) is 17.8 Å². The summed E-state index contributed by atoms with van der Waals surface area (Å²) in [6.07, 6.45) is 2.08. The first-order chi connectivity index (χ1) is 10.1. The van der Waals surface area contributed by atoms with Gasteiger partial charge in [0.25, 0.3) is 0 Å². The second-order valence-corrected chi connectivity index (χ2v) is 5.89. The van der Waals surface area contributed by atoms with E-state index in [1.807, 2.05) is 31.2 Å². The van der Waals surface area contributed by atoms with Crippen molar-refractivity contribution in [1.82, 2.24) is 0 Å². The van der Waals surface area contributed by atoms with Gasteiger partial charge in [-0.3, -0.25) is 0 Å². The molecular weight excluding hydrogens is 263 g/mol. The van der Waals surface area contributed by atoms with Crippen molar-refractivity contribution in [1.29, 1.82) is 0 Å². The highest BCUT2D eigenvalue weighted by atomic mass is 19.1. The summed E-state index contributed by atoms with van der Waals surface area (Å²) in [5.74, 6) is -0.201. The number of rotatable bonds is 2. The third kappa shape index (κ3) is 2.54. The smallest absolute Gasteiger partial charge is 0.147 e. The van der Waals surface area contributed by atoms with E-state index < -0.39 is 0 Å². The van der Waals surface area contributed by atoms with Gasteiger partial charge >= 0.3 is 0 Å². The average molecular weight is 284 g/mol. The van der Waals surface area contributed by atoms with E-state index in [1.54, 1.807) is 6.07 Å². The summed E-state index contributed by atoms with van der Waals surface area (Å²) in [5, 5.41) is 0. The van der Waals surface area contributed by atoms with Gasteiger partial charge < -0.3 is 10.6 Å². The molecule has 2 aromatic carbocycles. The van der Waals surface area contributed by atoms with Crippen molar-refractivity contribution in [2.24, 2.45) is 5.73 Å². The molecule has 3 rings (SSSR count). The molecule has 3 heteroatoms. The predicted molar refractivity (Wildman–Crippen MR) is 85.4 cm³/mol. The number of hydrogen-bond acceptors (Lipinski definition) is 2. The maximum atomic E-state index is 14.6. The van der Waals surface area contributed by atoms with E-state index in [0.29, 0.717) is 5.69 Å². The summed E-state index contributed by atoms with van der Waals surface area (Å²) in [5.41, 5.74) is 9.70. The fraction of sp³-hybridized carbons (Fsp3) is 0.333. The van der Waals surface area contributed by atoms with E-state index in [4.69, 9.17) is 5.73 Å². The highest BCUT2D eigenvalue weighted by Gasteiger charge is 2.26. The molecule has 0 amide bonds. The molecule has 2 N–H and O–H groups in total. The van der Waals surface area contributed by atoms with Gasteiger partial charge in [0.15, 0.2) is 0 Å². The molecule has 0 bridgehead atoms. The predicted octanol–water partition coefficient (Wildman–Crippen LogP) is 4.32. The minimum absolute atomic E-state index is 0.153. The number of anilines is 2. The molecule has 2 aromatic rings. The summed E-state index contributed by atoms with van der Waals surface area (Å²) in [7, 11) is 0. The third-order valence-electron chi connectivity index (χ3n) is 4.28. The first kappa shape index (κ1) is 14.1. The number of nitrogens with zero attached hydrogens (tertiary/aromatic N) is 1. The zero-order valence-electron chi connectivity index (χ0n) is 12.5. The number of aryl methyl sites for hydroxylation is 1. The Bertz CT molecular complexity index is 651. The van der Waals surface area contributed by atoms with Crippen LogP contribution < -0.4 is 10.6 Å². The fourth-order valence-corrected chi connectivity index (χ4v) is 3.06. The summed E-state index contributed by atoms with van der Waals surface area (Å²) in [6, 6.07) is 13.7. The lowest BCUT2D eigenvalue weighted by Gasteiger charge is -2.37. The number of fused-ring (bicyclic) bond motifs is 1. The number of nitrogens with two attached hydrogens (primary N) is 1. The molecule has 0 aliphatic carbocycles. The van der Waals surface area contributed by atoms with E-state index in [9.17, 15) is 4.39 Å². The molecule has 0 radical (unpaired) electrons. The molecule has 0 aromatic heterocycles. The Hall–Kier alpha value is -1.87. The molecule has 110 valence electrons. The van der Waals surface area contributed by atoms with Gasteiger partial charge in [0.2, 0.25) is 0 Å². The third-order valence-corrected chi connectivity index (χ3v) is 4.28. The lowest BCUT2D eigenvalue weighted by molar-refractivity contribution is 0.582. The largest absolute Gasteiger partial charge is 0.336 e. The number of benzene rings is 2. The fourth-order valence-electron chi connectivity index (χ4n) is 3.06. The summed E-state index contributed by atoms with van der Waals surface area (Å²) >= 11 is 0. The van der Waals surface area contributed by atoms with Crippen molar-refractivity contribution in [3.05, 3.63) is 59.4 Å². The van der Waals surface area contributed by atoms with Gasteiger partial charge in [-0.2, -0.15) is 0 Å². The second kappa shape index (κ2) is 5.49. The summed E-state index contributed by atoms with van der Waals surface area (Å²) < 4.78 is 14.6. The van der Waals surface area contributed by atoms with Crippen molar-refractivity contribution in [3.63, 3.8) is 0 Å². The quantitative estimate of drug-likeness (QED) is 0.890. The standard InChI is InChI=1S/C18H21FN2/c1-12-7-8-14-5-3-4-6-17(14)21(12)18-10-9-15(13(2)20)11-16(18)19/h3-6,9-13H,7-8,20H2,1-2H3/t12?,13-/m0/s1. The Morgan fingerprint density at radius 2 is 1.95 bits per heavy atom. The molecule has 1 unspecified atom stereocenters. The minimum Gasteiger partial charge on any atom is -0.336 e. The Morgan fingerprint density at radius 3 is 2.67 bits per heavy atom. The highest BCUT2D eigenvalue weighted by molar-refractivity contribution is 5.69. The van der Waals surface area contributed by atoms with Gasteiger partial charge in [0.05, 0.1) is 5.69 Å². The zero-order valence-corrected chi connectivity index (χ0v) is 12.5. The number of para-hydroxylation sites is 1. The van der Waals surface area contributed by atoms with E-state index in [2.05, 4.69) is 24.0 Å².